The number of aromatic nitrogens is 2. The van der Waals surface area contributed by atoms with Crippen molar-refractivity contribution in [2.75, 3.05) is 6.26 Å². The Hall–Kier alpha value is -0.680. The van der Waals surface area contributed by atoms with E-state index in [0.29, 0.717) is 5.03 Å². The monoisotopic (exact) mass is 162 g/mol. The van der Waals surface area contributed by atoms with Gasteiger partial charge in [0.2, 0.25) is 0 Å². The maximum atomic E-state index is 10.7. The van der Waals surface area contributed by atoms with E-state index in [2.05, 4.69) is 4.98 Å². The summed E-state index contributed by atoms with van der Waals surface area (Å²) in [6.07, 6.45) is 5.00. The lowest BCUT2D eigenvalue weighted by atomic mass is 10.9. The predicted octanol–water partition coefficient (Wildman–Crippen LogP) is -0.667. The minimum absolute atomic E-state index is 0. The molecule has 2 N–H and O–H groups in total. The van der Waals surface area contributed by atoms with Crippen LogP contribution in [0.5, 0.6) is 0 Å². The van der Waals surface area contributed by atoms with Gasteiger partial charge in [-0.3, -0.25) is 4.21 Å². The van der Waals surface area contributed by atoms with Gasteiger partial charge in [-0.15, -0.1) is 0 Å². The zero-order valence-electron chi connectivity index (χ0n) is 5.87. The van der Waals surface area contributed by atoms with E-state index >= 15 is 0 Å². The van der Waals surface area contributed by atoms with E-state index in [4.69, 9.17) is 0 Å². The van der Waals surface area contributed by atoms with Gasteiger partial charge in [0.25, 0.3) is 0 Å². The maximum Gasteiger partial charge on any atom is 0.144 e. The molecule has 0 aliphatic rings. The van der Waals surface area contributed by atoms with E-state index in [9.17, 15) is 4.21 Å². The molecule has 0 aromatic carbocycles. The minimum atomic E-state index is -0.940. The second kappa shape index (κ2) is 3.48. The van der Waals surface area contributed by atoms with Gasteiger partial charge >= 0.3 is 0 Å². The number of hydrogen-bond donors (Lipinski definition) is 0. The third-order valence-corrected chi connectivity index (χ3v) is 1.78. The summed E-state index contributed by atoms with van der Waals surface area (Å²) in [6, 6.07) is 0. The molecule has 0 aliphatic heterocycles. The number of rotatable bonds is 1. The highest BCUT2D eigenvalue weighted by Gasteiger charge is 1.97. The van der Waals surface area contributed by atoms with Gasteiger partial charge in [0.05, 0.1) is 17.1 Å². The summed E-state index contributed by atoms with van der Waals surface area (Å²) in [4.78, 5) is 3.88. The normalized spacial score (nSPS) is 12.2. The van der Waals surface area contributed by atoms with E-state index in [-0.39, 0.29) is 5.48 Å². The van der Waals surface area contributed by atoms with Gasteiger partial charge in [0.15, 0.2) is 0 Å². The standard InChI is InChI=1S/C5H8N2OS.H2O/c1-7-3-5(6-4-7)9(2)8;/h3-4H,1-2H3;1H2. The fraction of sp³-hybridized carbons (Fsp3) is 0.400. The molecule has 1 aromatic heterocycles. The third-order valence-electron chi connectivity index (χ3n) is 0.976. The average Bonchev–Trinajstić information content (AvgIpc) is 2.14. The van der Waals surface area contributed by atoms with Crippen molar-refractivity contribution in [1.29, 1.82) is 0 Å². The molecule has 1 aromatic rings. The molecule has 0 radical (unpaired) electrons. The Kier molecular flexibility index (Phi) is 3.24. The Morgan fingerprint density at radius 2 is 2.30 bits per heavy atom. The molecule has 0 amide bonds. The lowest BCUT2D eigenvalue weighted by Gasteiger charge is -1.83. The van der Waals surface area contributed by atoms with Crippen LogP contribution < -0.4 is 0 Å². The first-order valence-electron chi connectivity index (χ1n) is 2.51. The van der Waals surface area contributed by atoms with Gasteiger partial charge in [-0.05, 0) is 0 Å². The average molecular weight is 162 g/mol. The molecule has 1 rings (SSSR count). The molecular weight excluding hydrogens is 152 g/mol. The van der Waals surface area contributed by atoms with Gasteiger partial charge in [-0.1, -0.05) is 0 Å². The van der Waals surface area contributed by atoms with Crippen molar-refractivity contribution in [1.82, 2.24) is 9.55 Å². The summed E-state index contributed by atoms with van der Waals surface area (Å²) in [5.74, 6) is 0. The van der Waals surface area contributed by atoms with Crippen LogP contribution in [0.2, 0.25) is 0 Å². The summed E-state index contributed by atoms with van der Waals surface area (Å²) >= 11 is 0. The van der Waals surface area contributed by atoms with Gasteiger partial charge in [-0.25, -0.2) is 4.98 Å². The Balaban J connectivity index is 0.000000810. The highest BCUT2D eigenvalue weighted by molar-refractivity contribution is 7.84. The van der Waals surface area contributed by atoms with Crippen LogP contribution in [0, 0.1) is 0 Å². The number of nitrogens with zero attached hydrogens (tertiary/aromatic N) is 2. The SMILES string of the molecule is Cn1cnc(S(C)=O)c1.O. The fourth-order valence-corrected chi connectivity index (χ4v) is 1.05. The molecule has 1 heterocycles. The van der Waals surface area contributed by atoms with Crippen molar-refractivity contribution >= 4 is 10.8 Å². The summed E-state index contributed by atoms with van der Waals surface area (Å²) in [5, 5.41) is 0.637. The topological polar surface area (TPSA) is 66.4 Å². The molecule has 0 aliphatic carbocycles. The van der Waals surface area contributed by atoms with Crippen LogP contribution in [0.1, 0.15) is 0 Å². The van der Waals surface area contributed by atoms with Crippen LogP contribution in [0.4, 0.5) is 0 Å². The molecular formula is C5H10N2O2S. The number of imidazole rings is 1. The molecule has 0 fully saturated rings. The molecule has 0 bridgehead atoms. The van der Waals surface area contributed by atoms with Crippen LogP contribution >= 0.6 is 0 Å². The number of hydrogen-bond acceptors (Lipinski definition) is 2. The van der Waals surface area contributed by atoms with Crippen LogP contribution in [-0.2, 0) is 17.8 Å². The van der Waals surface area contributed by atoms with Crippen LogP contribution in [0.15, 0.2) is 17.6 Å². The largest absolute Gasteiger partial charge is 0.412 e. The van der Waals surface area contributed by atoms with Crippen molar-refractivity contribution in [3.05, 3.63) is 12.5 Å². The fourth-order valence-electron chi connectivity index (χ4n) is 0.537. The molecule has 58 valence electrons. The molecule has 0 saturated heterocycles. The Morgan fingerprint density at radius 3 is 2.50 bits per heavy atom. The van der Waals surface area contributed by atoms with Crippen molar-refractivity contribution < 1.29 is 9.69 Å². The second-order valence-electron chi connectivity index (χ2n) is 1.83. The quantitative estimate of drug-likeness (QED) is 0.549. The highest BCUT2D eigenvalue weighted by atomic mass is 32.2. The van der Waals surface area contributed by atoms with Crippen LogP contribution in [0.3, 0.4) is 0 Å². The highest BCUT2D eigenvalue weighted by Crippen LogP contribution is 1.97. The van der Waals surface area contributed by atoms with E-state index < -0.39 is 10.8 Å². The first-order valence-corrected chi connectivity index (χ1v) is 4.07. The lowest BCUT2D eigenvalue weighted by Crippen LogP contribution is -1.85. The first kappa shape index (κ1) is 9.32. The van der Waals surface area contributed by atoms with Gasteiger partial charge in [0, 0.05) is 19.5 Å². The molecule has 10 heavy (non-hydrogen) atoms. The summed E-state index contributed by atoms with van der Waals surface area (Å²) in [7, 11) is 0.910. The smallest absolute Gasteiger partial charge is 0.144 e. The zero-order chi connectivity index (χ0) is 6.85. The van der Waals surface area contributed by atoms with Gasteiger partial charge in [-0.2, -0.15) is 0 Å². The van der Waals surface area contributed by atoms with E-state index in [1.807, 2.05) is 7.05 Å². The zero-order valence-corrected chi connectivity index (χ0v) is 6.68. The summed E-state index contributed by atoms with van der Waals surface area (Å²) < 4.78 is 12.5. The Bertz CT molecular complexity index is 233. The molecule has 4 nitrogen and oxygen atoms in total. The van der Waals surface area contributed by atoms with Gasteiger partial charge in [0.1, 0.15) is 5.03 Å². The van der Waals surface area contributed by atoms with Crippen LogP contribution in [0.25, 0.3) is 0 Å². The predicted molar refractivity (Wildman–Crippen MR) is 39.2 cm³/mol. The number of aryl methyl sites for hydroxylation is 1. The molecule has 0 saturated carbocycles. The van der Waals surface area contributed by atoms with Gasteiger partial charge < -0.3 is 10.0 Å². The Labute approximate surface area is 61.7 Å². The van der Waals surface area contributed by atoms with Crippen molar-refractivity contribution in [2.45, 2.75) is 5.03 Å². The maximum absolute atomic E-state index is 10.7. The molecule has 1 unspecified atom stereocenters. The second-order valence-corrected chi connectivity index (χ2v) is 3.16. The van der Waals surface area contributed by atoms with E-state index in [0.717, 1.165) is 0 Å². The van der Waals surface area contributed by atoms with E-state index in [1.54, 1.807) is 23.3 Å². The molecule has 5 heteroatoms. The molecule has 1 atom stereocenters. The summed E-state index contributed by atoms with van der Waals surface area (Å²) in [5.41, 5.74) is 0. The first-order chi connectivity index (χ1) is 4.20. The Morgan fingerprint density at radius 1 is 1.70 bits per heavy atom. The van der Waals surface area contributed by atoms with Crippen molar-refractivity contribution in [3.8, 4) is 0 Å². The van der Waals surface area contributed by atoms with Crippen molar-refractivity contribution in [3.63, 3.8) is 0 Å². The molecule has 0 spiro atoms. The minimum Gasteiger partial charge on any atom is -0.412 e. The lowest BCUT2D eigenvalue weighted by molar-refractivity contribution is 0.684. The van der Waals surface area contributed by atoms with Crippen molar-refractivity contribution in [2.24, 2.45) is 7.05 Å². The summed E-state index contributed by atoms with van der Waals surface area (Å²) in [6.45, 7) is 0. The van der Waals surface area contributed by atoms with E-state index in [1.165, 1.54) is 0 Å². The van der Waals surface area contributed by atoms with Crippen LogP contribution in [-0.4, -0.2) is 25.5 Å². The third kappa shape index (κ3) is 1.93.